The lowest BCUT2D eigenvalue weighted by molar-refractivity contribution is -0.0893. The molecule has 1 saturated carbocycles. The number of carbonyl (C=O) groups excluding carboxylic acids is 1. The number of fused-ring (bicyclic) bond motifs is 1. The molecule has 0 bridgehead atoms. The number of nitrogens with one attached hydrogen (secondary N) is 1. The third-order valence-corrected chi connectivity index (χ3v) is 9.68. The van der Waals surface area contributed by atoms with E-state index in [1.807, 2.05) is 39.8 Å². The van der Waals surface area contributed by atoms with Gasteiger partial charge in [-0.2, -0.15) is 0 Å². The molecule has 9 heteroatoms. The summed E-state index contributed by atoms with van der Waals surface area (Å²) in [6.45, 7) is 5.03. The standard InChI is InChI=1S/C34H45N5O4/c1-24-19-26-12-13-28(20-29(26)37(24)2)43-18-14-27-21-35-16-17-38(27)33(40)31-32(25-9-5-4-6-10-25)39(23-36-31)30-11-7-8-15-34(30,41)22-42-3/h4-6,9-10,12-13,20,23-24,27,30,35,41H,7-8,11,14-19,21-22H2,1-3H3/t24?,27-,30-,34-/m1/s1. The maximum absolute atomic E-state index is 14.3. The van der Waals surface area contributed by atoms with Crippen LogP contribution in [0, 0.1) is 0 Å². The molecule has 3 aromatic rings. The molecule has 1 unspecified atom stereocenters. The predicted molar refractivity (Wildman–Crippen MR) is 168 cm³/mol. The summed E-state index contributed by atoms with van der Waals surface area (Å²) in [4.78, 5) is 23.3. The Bertz CT molecular complexity index is 1410. The van der Waals surface area contributed by atoms with E-state index in [1.54, 1.807) is 13.4 Å². The van der Waals surface area contributed by atoms with Crippen LogP contribution in [0.15, 0.2) is 54.9 Å². The Hall–Kier alpha value is -3.40. The van der Waals surface area contributed by atoms with Crippen molar-refractivity contribution < 1.29 is 19.4 Å². The van der Waals surface area contributed by atoms with Gasteiger partial charge in [-0.05, 0) is 37.8 Å². The van der Waals surface area contributed by atoms with E-state index >= 15 is 0 Å². The topological polar surface area (TPSA) is 92.1 Å². The Balaban J connectivity index is 1.23. The van der Waals surface area contributed by atoms with Gasteiger partial charge in [0.1, 0.15) is 11.4 Å². The van der Waals surface area contributed by atoms with Crippen molar-refractivity contribution in [3.8, 4) is 17.0 Å². The average Bonchev–Trinajstić information content (AvgIpc) is 3.58. The van der Waals surface area contributed by atoms with E-state index in [2.05, 4.69) is 42.4 Å². The molecule has 1 aromatic heterocycles. The van der Waals surface area contributed by atoms with Gasteiger partial charge in [-0.3, -0.25) is 4.79 Å². The van der Waals surface area contributed by atoms with Crippen LogP contribution in [0.5, 0.6) is 5.75 Å². The minimum atomic E-state index is -1.02. The quantitative estimate of drug-likeness (QED) is 0.386. The summed E-state index contributed by atoms with van der Waals surface area (Å²) in [5.41, 5.74) is 3.69. The lowest BCUT2D eigenvalue weighted by Crippen LogP contribution is -2.54. The zero-order chi connectivity index (χ0) is 30.0. The molecule has 230 valence electrons. The summed E-state index contributed by atoms with van der Waals surface area (Å²) in [6.07, 6.45) is 6.92. The van der Waals surface area contributed by atoms with Gasteiger partial charge in [0.15, 0.2) is 5.69 Å². The van der Waals surface area contributed by atoms with Gasteiger partial charge >= 0.3 is 0 Å². The van der Waals surface area contributed by atoms with Crippen LogP contribution in [-0.4, -0.2) is 90.2 Å². The van der Waals surface area contributed by atoms with Gasteiger partial charge in [0.25, 0.3) is 5.91 Å². The first-order valence-electron chi connectivity index (χ1n) is 15.7. The number of carbonyl (C=O) groups is 1. The molecule has 43 heavy (non-hydrogen) atoms. The number of ether oxygens (including phenoxy) is 2. The second kappa shape index (κ2) is 12.7. The highest BCUT2D eigenvalue weighted by molar-refractivity contribution is 5.98. The van der Waals surface area contributed by atoms with Crippen LogP contribution < -0.4 is 15.0 Å². The number of nitrogens with zero attached hydrogens (tertiary/aromatic N) is 4. The number of imidazole rings is 1. The molecule has 1 aliphatic carbocycles. The number of aromatic nitrogens is 2. The van der Waals surface area contributed by atoms with Crippen LogP contribution in [0.1, 0.15) is 61.1 Å². The van der Waals surface area contributed by atoms with Gasteiger partial charge in [-0.25, -0.2) is 4.98 Å². The number of likely N-dealkylation sites (N-methyl/N-ethyl adjacent to an activating group) is 1. The number of aliphatic hydroxyl groups is 1. The van der Waals surface area contributed by atoms with E-state index in [0.717, 1.165) is 49.2 Å². The molecule has 0 spiro atoms. The molecule has 0 radical (unpaired) electrons. The van der Waals surface area contributed by atoms with Crippen LogP contribution in [0.4, 0.5) is 5.69 Å². The molecular formula is C34H45N5O4. The van der Waals surface area contributed by atoms with Gasteiger partial charge in [0, 0.05) is 69.6 Å². The van der Waals surface area contributed by atoms with Crippen LogP contribution >= 0.6 is 0 Å². The largest absolute Gasteiger partial charge is 0.493 e. The monoisotopic (exact) mass is 587 g/mol. The van der Waals surface area contributed by atoms with Crippen molar-refractivity contribution in [3.63, 3.8) is 0 Å². The van der Waals surface area contributed by atoms with Crippen molar-refractivity contribution in [1.82, 2.24) is 19.8 Å². The Morgan fingerprint density at radius 2 is 2.02 bits per heavy atom. The summed E-state index contributed by atoms with van der Waals surface area (Å²) in [7, 11) is 3.76. The summed E-state index contributed by atoms with van der Waals surface area (Å²) < 4.78 is 13.7. The third-order valence-electron chi connectivity index (χ3n) is 9.68. The van der Waals surface area contributed by atoms with E-state index in [9.17, 15) is 9.90 Å². The second-order valence-corrected chi connectivity index (χ2v) is 12.5. The van der Waals surface area contributed by atoms with Crippen LogP contribution in [-0.2, 0) is 11.2 Å². The fourth-order valence-corrected chi connectivity index (χ4v) is 7.22. The molecular weight excluding hydrogens is 542 g/mol. The summed E-state index contributed by atoms with van der Waals surface area (Å²) in [5.74, 6) is 0.783. The van der Waals surface area contributed by atoms with Crippen molar-refractivity contribution in [3.05, 3.63) is 66.1 Å². The molecule has 3 heterocycles. The highest BCUT2D eigenvalue weighted by Gasteiger charge is 2.42. The Morgan fingerprint density at radius 3 is 2.84 bits per heavy atom. The first kappa shape index (κ1) is 29.7. The molecule has 6 rings (SSSR count). The summed E-state index contributed by atoms with van der Waals surface area (Å²) in [5, 5.41) is 15.1. The summed E-state index contributed by atoms with van der Waals surface area (Å²) in [6, 6.07) is 16.6. The van der Waals surface area contributed by atoms with Gasteiger partial charge in [-0.15, -0.1) is 0 Å². The fourth-order valence-electron chi connectivity index (χ4n) is 7.22. The second-order valence-electron chi connectivity index (χ2n) is 12.5. The first-order chi connectivity index (χ1) is 20.9. The zero-order valence-electron chi connectivity index (χ0n) is 25.7. The average molecular weight is 588 g/mol. The highest BCUT2D eigenvalue weighted by Crippen LogP contribution is 2.41. The smallest absolute Gasteiger partial charge is 0.275 e. The van der Waals surface area contributed by atoms with Gasteiger partial charge in [0.05, 0.1) is 31.3 Å². The maximum Gasteiger partial charge on any atom is 0.275 e. The number of hydrogen-bond acceptors (Lipinski definition) is 7. The Kier molecular flexibility index (Phi) is 8.75. The Morgan fingerprint density at radius 1 is 1.19 bits per heavy atom. The van der Waals surface area contributed by atoms with E-state index in [-0.39, 0.29) is 24.6 Å². The molecule has 2 aromatic carbocycles. The van der Waals surface area contributed by atoms with Gasteiger partial charge < -0.3 is 34.3 Å². The van der Waals surface area contributed by atoms with Crippen molar-refractivity contribution >= 4 is 11.6 Å². The van der Waals surface area contributed by atoms with Gasteiger partial charge in [-0.1, -0.05) is 49.2 Å². The van der Waals surface area contributed by atoms with E-state index in [4.69, 9.17) is 14.5 Å². The third kappa shape index (κ3) is 5.90. The van der Waals surface area contributed by atoms with Crippen LogP contribution in [0.2, 0.25) is 0 Å². The van der Waals surface area contributed by atoms with Crippen LogP contribution in [0.3, 0.4) is 0 Å². The van der Waals surface area contributed by atoms with Crippen molar-refractivity contribution in [2.24, 2.45) is 0 Å². The molecule has 2 aliphatic heterocycles. The SMILES string of the molecule is COC[C@]1(O)CCCC[C@H]1n1cnc(C(=O)N2CCNC[C@H]2CCOc2ccc3c(c2)N(C)C(C)C3)c1-c1ccccc1. The molecule has 2 fully saturated rings. The van der Waals surface area contributed by atoms with Crippen molar-refractivity contribution in [1.29, 1.82) is 0 Å². The molecule has 1 saturated heterocycles. The zero-order valence-corrected chi connectivity index (χ0v) is 25.7. The number of amides is 1. The molecule has 3 aliphatic rings. The number of benzene rings is 2. The van der Waals surface area contributed by atoms with Crippen molar-refractivity contribution in [2.45, 2.75) is 69.2 Å². The fraction of sp³-hybridized carbons (Fsp3) is 0.529. The number of methoxy groups -OCH3 is 1. The highest BCUT2D eigenvalue weighted by atomic mass is 16.5. The van der Waals surface area contributed by atoms with E-state index in [1.165, 1.54) is 11.3 Å². The van der Waals surface area contributed by atoms with E-state index < -0.39 is 5.60 Å². The summed E-state index contributed by atoms with van der Waals surface area (Å²) >= 11 is 0. The lowest BCUT2D eigenvalue weighted by atomic mass is 9.80. The van der Waals surface area contributed by atoms with Gasteiger partial charge in [0.2, 0.25) is 0 Å². The van der Waals surface area contributed by atoms with Crippen molar-refractivity contribution in [2.75, 3.05) is 51.9 Å². The molecule has 4 atom stereocenters. The normalized spacial score (nSPS) is 25.5. The predicted octanol–water partition coefficient (Wildman–Crippen LogP) is 4.31. The number of hydrogen-bond donors (Lipinski definition) is 2. The van der Waals surface area contributed by atoms with E-state index in [0.29, 0.717) is 44.3 Å². The first-order valence-corrected chi connectivity index (χ1v) is 15.7. The number of piperazine rings is 1. The van der Waals surface area contributed by atoms with Crippen LogP contribution in [0.25, 0.3) is 11.3 Å². The molecule has 9 nitrogen and oxygen atoms in total. The minimum absolute atomic E-state index is 0.0211. The number of anilines is 1. The molecule has 2 N–H and O–H groups in total. The maximum atomic E-state index is 14.3. The Labute approximate surface area is 254 Å². The number of rotatable bonds is 9. The lowest BCUT2D eigenvalue weighted by Gasteiger charge is -2.41. The minimum Gasteiger partial charge on any atom is -0.493 e. The molecule has 1 amide bonds.